The minimum Gasteiger partial charge on any atom is -0.398 e. The maximum Gasteiger partial charge on any atom is 0.0485 e. The van der Waals surface area contributed by atoms with Crippen molar-refractivity contribution in [3.8, 4) is 0 Å². The summed E-state index contributed by atoms with van der Waals surface area (Å²) in [5.74, 6) is 0. The Balaban J connectivity index is 2.35. The molecule has 0 saturated carbocycles. The van der Waals surface area contributed by atoms with E-state index in [1.165, 1.54) is 10.5 Å². The van der Waals surface area contributed by atoms with E-state index in [0.717, 1.165) is 16.1 Å². The van der Waals surface area contributed by atoms with Crippen LogP contribution in [0.5, 0.6) is 0 Å². The second kappa shape index (κ2) is 4.62. The molecule has 0 aromatic heterocycles. The van der Waals surface area contributed by atoms with E-state index in [4.69, 9.17) is 5.73 Å². The highest BCUT2D eigenvalue weighted by Crippen LogP contribution is 2.34. The fourth-order valence-electron chi connectivity index (χ4n) is 1.53. The fraction of sp³-hybridized carbons (Fsp3) is 0.143. The number of rotatable bonds is 2. The van der Waals surface area contributed by atoms with Crippen LogP contribution in [-0.4, -0.2) is 0 Å². The van der Waals surface area contributed by atoms with Gasteiger partial charge in [0.15, 0.2) is 0 Å². The minimum atomic E-state index is 0.885. The third-order valence-corrected chi connectivity index (χ3v) is 3.85. The summed E-state index contributed by atoms with van der Waals surface area (Å²) >= 11 is 1.73. The van der Waals surface area contributed by atoms with Crippen LogP contribution in [0.15, 0.2) is 52.3 Å². The van der Waals surface area contributed by atoms with E-state index in [0.29, 0.717) is 0 Å². The van der Waals surface area contributed by atoms with E-state index in [-0.39, 0.29) is 0 Å². The molecule has 0 aliphatic heterocycles. The Morgan fingerprint density at radius 1 is 0.812 bits per heavy atom. The Labute approximate surface area is 101 Å². The first-order valence-corrected chi connectivity index (χ1v) is 6.08. The van der Waals surface area contributed by atoms with Gasteiger partial charge in [-0.25, -0.2) is 0 Å². The van der Waals surface area contributed by atoms with Crippen LogP contribution in [0.2, 0.25) is 0 Å². The topological polar surface area (TPSA) is 26.0 Å². The lowest BCUT2D eigenvalue weighted by molar-refractivity contribution is 1.29. The highest BCUT2D eigenvalue weighted by atomic mass is 32.2. The van der Waals surface area contributed by atoms with Crippen LogP contribution in [0.4, 0.5) is 5.69 Å². The number of hydrogen-bond acceptors (Lipinski definition) is 2. The van der Waals surface area contributed by atoms with Crippen LogP contribution in [0.25, 0.3) is 0 Å². The van der Waals surface area contributed by atoms with Crippen molar-refractivity contribution in [3.63, 3.8) is 0 Å². The number of hydrogen-bond donors (Lipinski definition) is 1. The van der Waals surface area contributed by atoms with Crippen molar-refractivity contribution >= 4 is 17.4 Å². The van der Waals surface area contributed by atoms with Gasteiger partial charge in [0.1, 0.15) is 0 Å². The molecule has 0 amide bonds. The molecule has 2 rings (SSSR count). The maximum absolute atomic E-state index is 6.06. The van der Waals surface area contributed by atoms with Crippen LogP contribution in [0, 0.1) is 13.8 Å². The van der Waals surface area contributed by atoms with Crippen molar-refractivity contribution in [3.05, 3.63) is 53.6 Å². The molecule has 1 nitrogen and oxygen atoms in total. The molecule has 0 radical (unpaired) electrons. The Morgan fingerprint density at radius 2 is 1.44 bits per heavy atom. The molecule has 0 unspecified atom stereocenters. The molecule has 0 bridgehead atoms. The number of aryl methyl sites for hydroxylation is 2. The van der Waals surface area contributed by atoms with Crippen molar-refractivity contribution < 1.29 is 0 Å². The standard InChI is InChI=1S/C14H15NS/c1-10-6-3-4-8-12(10)16-13-9-5-7-11(2)14(13)15/h3-9H,15H2,1-2H3. The van der Waals surface area contributed by atoms with E-state index in [9.17, 15) is 0 Å². The Bertz CT molecular complexity index is 506. The van der Waals surface area contributed by atoms with Crippen LogP contribution < -0.4 is 5.73 Å². The van der Waals surface area contributed by atoms with Crippen molar-refractivity contribution in [1.82, 2.24) is 0 Å². The second-order valence-corrected chi connectivity index (χ2v) is 4.94. The summed E-state index contributed by atoms with van der Waals surface area (Å²) in [4.78, 5) is 2.40. The molecule has 0 atom stereocenters. The zero-order chi connectivity index (χ0) is 11.5. The van der Waals surface area contributed by atoms with Gasteiger partial charge >= 0.3 is 0 Å². The fourth-order valence-corrected chi connectivity index (χ4v) is 2.56. The number of benzene rings is 2. The minimum absolute atomic E-state index is 0.885. The zero-order valence-electron chi connectivity index (χ0n) is 9.53. The predicted octanol–water partition coefficient (Wildman–Crippen LogP) is 4.04. The largest absolute Gasteiger partial charge is 0.398 e. The third kappa shape index (κ3) is 2.22. The summed E-state index contributed by atoms with van der Waals surface area (Å²) in [5, 5.41) is 0. The first-order valence-electron chi connectivity index (χ1n) is 5.27. The number of anilines is 1. The van der Waals surface area contributed by atoms with Gasteiger partial charge in [0, 0.05) is 15.5 Å². The molecule has 82 valence electrons. The second-order valence-electron chi connectivity index (χ2n) is 3.85. The van der Waals surface area contributed by atoms with Gasteiger partial charge in [-0.1, -0.05) is 42.1 Å². The molecule has 0 heterocycles. The lowest BCUT2D eigenvalue weighted by Gasteiger charge is -2.09. The SMILES string of the molecule is Cc1ccccc1Sc1cccc(C)c1N. The lowest BCUT2D eigenvalue weighted by atomic mass is 10.2. The van der Waals surface area contributed by atoms with Crippen molar-refractivity contribution in [2.75, 3.05) is 5.73 Å². The van der Waals surface area contributed by atoms with Gasteiger partial charge < -0.3 is 5.73 Å². The van der Waals surface area contributed by atoms with Gasteiger partial charge in [-0.15, -0.1) is 0 Å². The van der Waals surface area contributed by atoms with E-state index in [1.54, 1.807) is 11.8 Å². The van der Waals surface area contributed by atoms with Crippen molar-refractivity contribution in [2.45, 2.75) is 23.6 Å². The molecule has 0 aliphatic carbocycles. The van der Waals surface area contributed by atoms with Gasteiger partial charge in [0.25, 0.3) is 0 Å². The van der Waals surface area contributed by atoms with Gasteiger partial charge in [-0.3, -0.25) is 0 Å². The van der Waals surface area contributed by atoms with Crippen LogP contribution >= 0.6 is 11.8 Å². The summed E-state index contributed by atoms with van der Waals surface area (Å²) in [7, 11) is 0. The molecule has 0 saturated heterocycles. The highest BCUT2D eigenvalue weighted by Gasteiger charge is 2.05. The monoisotopic (exact) mass is 229 g/mol. The molecule has 0 aliphatic rings. The molecule has 16 heavy (non-hydrogen) atoms. The molecule has 2 heteroatoms. The third-order valence-electron chi connectivity index (χ3n) is 2.60. The van der Waals surface area contributed by atoms with Gasteiger partial charge in [0.05, 0.1) is 0 Å². The summed E-state index contributed by atoms with van der Waals surface area (Å²) in [6.45, 7) is 4.16. The highest BCUT2D eigenvalue weighted by molar-refractivity contribution is 7.99. The van der Waals surface area contributed by atoms with E-state index >= 15 is 0 Å². The van der Waals surface area contributed by atoms with Crippen molar-refractivity contribution in [1.29, 1.82) is 0 Å². The average molecular weight is 229 g/mol. The Hall–Kier alpha value is -1.41. The van der Waals surface area contributed by atoms with Crippen LogP contribution in [0.3, 0.4) is 0 Å². The predicted molar refractivity (Wildman–Crippen MR) is 70.9 cm³/mol. The first kappa shape index (κ1) is 11.1. The quantitative estimate of drug-likeness (QED) is 0.787. The van der Waals surface area contributed by atoms with E-state index < -0.39 is 0 Å². The number of nitrogen functional groups attached to an aromatic ring is 1. The number of para-hydroxylation sites is 1. The lowest BCUT2D eigenvalue weighted by Crippen LogP contribution is -1.92. The molecular formula is C14H15NS. The maximum atomic E-state index is 6.06. The van der Waals surface area contributed by atoms with Gasteiger partial charge in [-0.2, -0.15) is 0 Å². The average Bonchev–Trinajstić information content (AvgIpc) is 2.28. The first-order chi connectivity index (χ1) is 7.68. The summed E-state index contributed by atoms with van der Waals surface area (Å²) < 4.78 is 0. The number of nitrogens with two attached hydrogens (primary N) is 1. The Morgan fingerprint density at radius 3 is 2.19 bits per heavy atom. The summed E-state index contributed by atoms with van der Waals surface area (Å²) in [5.41, 5.74) is 9.37. The van der Waals surface area contributed by atoms with Crippen LogP contribution in [-0.2, 0) is 0 Å². The zero-order valence-corrected chi connectivity index (χ0v) is 10.3. The van der Waals surface area contributed by atoms with Crippen LogP contribution in [0.1, 0.15) is 11.1 Å². The smallest absolute Gasteiger partial charge is 0.0485 e. The molecular weight excluding hydrogens is 214 g/mol. The van der Waals surface area contributed by atoms with E-state index in [1.807, 2.05) is 19.1 Å². The molecule has 0 spiro atoms. The van der Waals surface area contributed by atoms with Crippen molar-refractivity contribution in [2.24, 2.45) is 0 Å². The summed E-state index contributed by atoms with van der Waals surface area (Å²) in [6, 6.07) is 14.5. The van der Waals surface area contributed by atoms with Gasteiger partial charge in [-0.05, 0) is 37.1 Å². The summed E-state index contributed by atoms with van der Waals surface area (Å²) in [6.07, 6.45) is 0. The normalized spacial score (nSPS) is 10.4. The molecule has 2 aromatic rings. The molecule has 2 aromatic carbocycles. The Kier molecular flexibility index (Phi) is 3.20. The molecule has 0 fully saturated rings. The van der Waals surface area contributed by atoms with Gasteiger partial charge in [0.2, 0.25) is 0 Å². The molecule has 2 N–H and O–H groups in total. The van der Waals surface area contributed by atoms with E-state index in [2.05, 4.69) is 37.3 Å².